The van der Waals surface area contributed by atoms with Crippen LogP contribution in [0.25, 0.3) is 22.1 Å². The molecule has 186 valence electrons. The molecule has 1 aliphatic rings. The van der Waals surface area contributed by atoms with Crippen molar-refractivity contribution >= 4 is 44.4 Å². The Hall–Kier alpha value is -2.59. The van der Waals surface area contributed by atoms with Crippen LogP contribution in [0.2, 0.25) is 0 Å². The van der Waals surface area contributed by atoms with Crippen molar-refractivity contribution in [1.29, 1.82) is 0 Å². The van der Waals surface area contributed by atoms with E-state index in [1.54, 1.807) is 23.8 Å². The minimum absolute atomic E-state index is 0.0853. The molecule has 0 radical (unpaired) electrons. The Morgan fingerprint density at radius 3 is 2.56 bits per heavy atom. The molecule has 1 aliphatic carbocycles. The first-order valence-corrected chi connectivity index (χ1v) is 14.5. The van der Waals surface area contributed by atoms with E-state index in [0.717, 1.165) is 33.2 Å². The van der Waals surface area contributed by atoms with Crippen LogP contribution in [0.4, 0.5) is 4.39 Å². The van der Waals surface area contributed by atoms with Gasteiger partial charge in [-0.25, -0.2) is 9.18 Å². The summed E-state index contributed by atoms with van der Waals surface area (Å²) in [6.07, 6.45) is 3.56. The van der Waals surface area contributed by atoms with Crippen LogP contribution in [0.1, 0.15) is 46.8 Å². The van der Waals surface area contributed by atoms with E-state index in [1.165, 1.54) is 6.07 Å². The van der Waals surface area contributed by atoms with Crippen molar-refractivity contribution < 1.29 is 13.0 Å². The molecule has 2 aromatic carbocycles. The van der Waals surface area contributed by atoms with Gasteiger partial charge in [0.25, 0.3) is 5.56 Å². The van der Waals surface area contributed by atoms with Gasteiger partial charge in [-0.3, -0.25) is 9.00 Å². The van der Waals surface area contributed by atoms with Gasteiger partial charge in [-0.15, -0.1) is 0 Å². The fourth-order valence-corrected chi connectivity index (χ4v) is 5.97. The number of nitrogens with zero attached hydrogens (tertiary/aromatic N) is 1. The van der Waals surface area contributed by atoms with Gasteiger partial charge in [0, 0.05) is 55.7 Å². The van der Waals surface area contributed by atoms with Gasteiger partial charge in [0.1, 0.15) is 5.82 Å². The third kappa shape index (κ3) is 4.61. The molecule has 0 unspecified atom stereocenters. The van der Waals surface area contributed by atoms with Crippen molar-refractivity contribution in [2.75, 3.05) is 6.26 Å². The zero-order valence-electron chi connectivity index (χ0n) is 20.2. The molecule has 1 saturated carbocycles. The number of benzene rings is 2. The first-order valence-electron chi connectivity index (χ1n) is 11.7. The predicted molar refractivity (Wildman–Crippen MR) is 150 cm³/mol. The highest BCUT2D eigenvalue weighted by molar-refractivity contribution is 14.1. The lowest BCUT2D eigenvalue weighted by Gasteiger charge is -2.19. The first-order chi connectivity index (χ1) is 17.2. The van der Waals surface area contributed by atoms with E-state index in [0.29, 0.717) is 33.4 Å². The van der Waals surface area contributed by atoms with Crippen LogP contribution < -0.4 is 11.2 Å². The number of hydrogen-bond acceptors (Lipinski definition) is 4. The highest BCUT2D eigenvalue weighted by Gasteiger charge is 2.31. The molecule has 5 nitrogen and oxygen atoms in total. The molecule has 8 heteroatoms. The molecule has 0 amide bonds. The third-order valence-corrected chi connectivity index (χ3v) is 8.16. The van der Waals surface area contributed by atoms with Gasteiger partial charge in [0.2, 0.25) is 0 Å². The second-order valence-electron chi connectivity index (χ2n) is 9.39. The Kier molecular flexibility index (Phi) is 6.76. The van der Waals surface area contributed by atoms with Crippen molar-refractivity contribution in [1.82, 2.24) is 4.57 Å². The lowest BCUT2D eigenvalue weighted by atomic mass is 9.94. The van der Waals surface area contributed by atoms with Crippen LogP contribution in [-0.4, -0.2) is 15.0 Å². The maximum absolute atomic E-state index is 14.8. The Balaban J connectivity index is 1.85. The molecule has 0 spiro atoms. The molecule has 0 bridgehead atoms. The summed E-state index contributed by atoms with van der Waals surface area (Å²) in [5.41, 5.74) is 3.75. The van der Waals surface area contributed by atoms with E-state index in [1.807, 2.05) is 59.8 Å². The van der Waals surface area contributed by atoms with Crippen molar-refractivity contribution in [2.45, 2.75) is 44.9 Å². The Morgan fingerprint density at radius 2 is 1.89 bits per heavy atom. The molecule has 2 aromatic heterocycles. The first kappa shape index (κ1) is 25.1. The van der Waals surface area contributed by atoms with Crippen LogP contribution in [0.3, 0.4) is 0 Å². The van der Waals surface area contributed by atoms with E-state index >= 15 is 0 Å². The van der Waals surface area contributed by atoms with Crippen LogP contribution in [-0.2, 0) is 23.0 Å². The number of fused-ring (bicyclic) bond motifs is 1. The minimum atomic E-state index is -1.02. The van der Waals surface area contributed by atoms with Gasteiger partial charge < -0.3 is 8.98 Å². The molecular weight excluding hydrogens is 592 g/mol. The van der Waals surface area contributed by atoms with Crippen molar-refractivity contribution in [3.05, 3.63) is 101 Å². The van der Waals surface area contributed by atoms with Gasteiger partial charge in [-0.05, 0) is 83.7 Å². The monoisotopic (exact) mass is 617 g/mol. The van der Waals surface area contributed by atoms with E-state index in [2.05, 4.69) is 0 Å². The van der Waals surface area contributed by atoms with Crippen molar-refractivity contribution in [3.8, 4) is 11.1 Å². The highest BCUT2D eigenvalue weighted by Crippen LogP contribution is 2.40. The summed E-state index contributed by atoms with van der Waals surface area (Å²) in [6, 6.07) is 12.7. The number of hydrogen-bond donors (Lipinski definition) is 0. The molecule has 0 saturated heterocycles. The molecular formula is C28H25FINO4S. The van der Waals surface area contributed by atoms with E-state index in [-0.39, 0.29) is 29.4 Å². The topological polar surface area (TPSA) is 69.3 Å². The van der Waals surface area contributed by atoms with E-state index in [4.69, 9.17) is 4.42 Å². The summed E-state index contributed by atoms with van der Waals surface area (Å²) in [5, 5.41) is 0.321. The third-order valence-electron chi connectivity index (χ3n) is 6.75. The molecule has 2 heterocycles. The highest BCUT2D eigenvalue weighted by atomic mass is 127. The summed E-state index contributed by atoms with van der Waals surface area (Å²) in [4.78, 5) is 26.9. The summed E-state index contributed by atoms with van der Waals surface area (Å²) in [6.45, 7) is 3.50. The lowest BCUT2D eigenvalue weighted by molar-refractivity contribution is 0.549. The number of halogens is 2. The molecule has 36 heavy (non-hydrogen) atoms. The molecule has 5 rings (SSSR count). The Bertz CT molecular complexity index is 1670. The normalized spacial score (nSPS) is 14.4. The molecule has 4 aromatic rings. The average Bonchev–Trinajstić information content (AvgIpc) is 3.63. The van der Waals surface area contributed by atoms with Crippen LogP contribution in [0.15, 0.2) is 56.5 Å². The second kappa shape index (κ2) is 9.70. The molecule has 0 aliphatic heterocycles. The zero-order valence-corrected chi connectivity index (χ0v) is 23.2. The predicted octanol–water partition coefficient (Wildman–Crippen LogP) is 5.79. The van der Waals surface area contributed by atoms with Gasteiger partial charge in [-0.2, -0.15) is 0 Å². The SMILES string of the molecule is Cc1c(Cc2ccc(I)cc2F)c2c(=O)n(C3CC3)c(C)c(-c3cccc(C[S@@](C)=O)c3)c2oc1=O. The number of rotatable bonds is 6. The van der Waals surface area contributed by atoms with Crippen LogP contribution in [0.5, 0.6) is 0 Å². The van der Waals surface area contributed by atoms with E-state index in [9.17, 15) is 18.2 Å². The lowest BCUT2D eigenvalue weighted by Crippen LogP contribution is -2.25. The van der Waals surface area contributed by atoms with Crippen LogP contribution in [0, 0.1) is 23.2 Å². The Labute approximate surface area is 224 Å². The van der Waals surface area contributed by atoms with Gasteiger partial charge in [-0.1, -0.05) is 30.3 Å². The fourth-order valence-electron chi connectivity index (χ4n) is 4.87. The van der Waals surface area contributed by atoms with Gasteiger partial charge in [0.05, 0.1) is 5.39 Å². The Morgan fingerprint density at radius 1 is 1.14 bits per heavy atom. The zero-order chi connectivity index (χ0) is 25.7. The van der Waals surface area contributed by atoms with Crippen molar-refractivity contribution in [3.63, 3.8) is 0 Å². The largest absolute Gasteiger partial charge is 0.422 e. The summed E-state index contributed by atoms with van der Waals surface area (Å²) >= 11 is 2.05. The minimum Gasteiger partial charge on any atom is -0.422 e. The summed E-state index contributed by atoms with van der Waals surface area (Å²) < 4.78 is 35.1. The molecule has 1 fully saturated rings. The van der Waals surface area contributed by atoms with Crippen LogP contribution >= 0.6 is 22.6 Å². The average molecular weight is 617 g/mol. The summed E-state index contributed by atoms with van der Waals surface area (Å²) in [5.74, 6) is 0.0193. The number of pyridine rings is 1. The quantitative estimate of drug-likeness (QED) is 0.257. The van der Waals surface area contributed by atoms with Gasteiger partial charge in [0.15, 0.2) is 5.58 Å². The van der Waals surface area contributed by atoms with E-state index < -0.39 is 16.4 Å². The summed E-state index contributed by atoms with van der Waals surface area (Å²) in [7, 11) is -1.02. The van der Waals surface area contributed by atoms with Gasteiger partial charge >= 0.3 is 5.63 Å². The second-order valence-corrected chi connectivity index (χ2v) is 12.1. The maximum Gasteiger partial charge on any atom is 0.339 e. The smallest absolute Gasteiger partial charge is 0.339 e. The van der Waals surface area contributed by atoms with Crippen molar-refractivity contribution in [2.24, 2.45) is 0 Å². The number of aromatic nitrogens is 1. The maximum atomic E-state index is 14.8. The molecule has 0 N–H and O–H groups in total. The molecule has 1 atom stereocenters. The standard InChI is InChI=1S/C28H25FINO4S/c1-15-22(12-18-7-8-20(30)13-23(18)29)25-26(35-28(15)33)24(16(2)31(27(25)32)21-9-10-21)19-6-4-5-17(11-19)14-36(3)34/h4-8,11,13,21H,9-10,12,14H2,1-3H3/t36-/m1/s1. The fraction of sp³-hybridized carbons (Fsp3) is 0.286.